The van der Waals surface area contributed by atoms with Crippen molar-refractivity contribution in [1.29, 1.82) is 0 Å². The van der Waals surface area contributed by atoms with Crippen molar-refractivity contribution in [2.45, 2.75) is 0 Å². The van der Waals surface area contributed by atoms with Gasteiger partial charge in [-0.1, -0.05) is 0 Å². The van der Waals surface area contributed by atoms with Crippen LogP contribution in [0.3, 0.4) is 0 Å². The van der Waals surface area contributed by atoms with E-state index in [1.807, 2.05) is 0 Å². The van der Waals surface area contributed by atoms with Crippen molar-refractivity contribution in [1.82, 2.24) is 0 Å². The Morgan fingerprint density at radius 1 is 0.412 bits per heavy atom. The monoisotopic (exact) mass is 592 g/mol. The smallest absolute Gasteiger partial charge is 0.0149 e. The molecule has 0 atom stereocenters. The Morgan fingerprint density at radius 3 is 0.412 bits per heavy atom. The third-order valence-electron chi connectivity index (χ3n) is 0. The van der Waals surface area contributed by atoms with E-state index < -0.39 is 90.5 Å². The Labute approximate surface area is 136 Å². The molecule has 8 N–H and O–H groups in total. The van der Waals surface area contributed by atoms with Gasteiger partial charge in [0.1, 0.15) is 0 Å². The van der Waals surface area contributed by atoms with Gasteiger partial charge in [0.05, 0.1) is 0 Å². The fourth-order valence-electron chi connectivity index (χ4n) is 0. The van der Waals surface area contributed by atoms with Crippen LogP contribution >= 0.6 is 0 Å². The van der Waals surface area contributed by atoms with Gasteiger partial charge in [-0.15, -0.1) is 0 Å². The van der Waals surface area contributed by atoms with E-state index in [-0.39, 0.29) is 11.0 Å². The fraction of sp³-hybridized carbons (Fsp3) is 0. The molecule has 104 valence electrons. The van der Waals surface area contributed by atoms with Crippen molar-refractivity contribution in [3.05, 3.63) is 0 Å². The summed E-state index contributed by atoms with van der Waals surface area (Å²) < 4.78 is 93.4. The van der Waals surface area contributed by atoms with Gasteiger partial charge in [-0.3, -0.25) is 0 Å². The molecule has 0 unspecified atom stereocenters. The molecule has 0 saturated carbocycles. The van der Waals surface area contributed by atoms with Crippen LogP contribution in [0.15, 0.2) is 0 Å². The molecule has 0 bridgehead atoms. The minimum Gasteiger partial charge on any atom is -0.0149 e. The van der Waals surface area contributed by atoms with Crippen LogP contribution < -0.4 is 0 Å². The Kier molecular flexibility index (Phi) is 50.7. The molecule has 0 aromatic carbocycles. The van der Waals surface area contributed by atoms with Crippen molar-refractivity contribution in [3.63, 3.8) is 0 Å². The van der Waals surface area contributed by atoms with Crippen molar-refractivity contribution in [3.8, 4) is 0 Å². The van der Waals surface area contributed by atoms with E-state index in [2.05, 4.69) is 0 Å². The third kappa shape index (κ3) is 745. The first-order chi connectivity index (χ1) is 6.93. The summed E-state index contributed by atoms with van der Waals surface area (Å²) >= 11 is -15.2. The first kappa shape index (κ1) is 31.8. The average Bonchev–Trinajstić information content (AvgIpc) is 1.76. The molecule has 0 amide bonds. The molecular weight excluding hydrogens is 585 g/mol. The summed E-state index contributed by atoms with van der Waals surface area (Å²) in [7, 11) is 0. The Morgan fingerprint density at radius 2 is 0.412 bits per heavy atom. The summed E-state index contributed by atoms with van der Waals surface area (Å²) in [5.74, 6) is 0. The second-order valence-electron chi connectivity index (χ2n) is 1.13. The molecule has 0 aromatic rings. The molecule has 0 fully saturated rings. The SMILES string of the molecule is [O]=[Zr]([OH])[OH].[O]=[Zr]([OH])[OH].[O]=[Zr]([OH])[OH].[O]=[Zr]([OH])[OH].[SiH4]. The number of hydrogen-bond donors (Lipinski definition) is 8. The zero-order valence-corrected chi connectivity index (χ0v) is 17.0. The minimum absolute atomic E-state index is 0. The summed E-state index contributed by atoms with van der Waals surface area (Å²) in [6.07, 6.45) is 0. The summed E-state index contributed by atoms with van der Waals surface area (Å²) in [6.45, 7) is 0. The first-order valence-electron chi connectivity index (χ1n) is 2.61. The van der Waals surface area contributed by atoms with E-state index in [9.17, 15) is 0 Å². The number of rotatable bonds is 0. The van der Waals surface area contributed by atoms with Crippen LogP contribution in [-0.2, 0) is 102 Å². The van der Waals surface area contributed by atoms with Gasteiger partial charge < -0.3 is 0 Å². The van der Waals surface area contributed by atoms with Crippen molar-refractivity contribution >= 4 is 11.0 Å². The quantitative estimate of drug-likeness (QED) is 0.122. The van der Waals surface area contributed by atoms with Crippen LogP contribution in [0.4, 0.5) is 0 Å². The molecule has 0 saturated heterocycles. The van der Waals surface area contributed by atoms with Gasteiger partial charge in [-0.05, 0) is 11.0 Å². The second-order valence-corrected chi connectivity index (χ2v) is 6.69. The Hall–Kier alpha value is 2.63. The van der Waals surface area contributed by atoms with Crippen molar-refractivity contribution < 1.29 is 127 Å². The molecule has 0 radical (unpaired) electrons. The predicted octanol–water partition coefficient (Wildman–Crippen LogP) is -6.39. The Balaban J connectivity index is -0.0000000369. The average molecular weight is 597 g/mol. The van der Waals surface area contributed by atoms with Gasteiger partial charge in [0.25, 0.3) is 0 Å². The molecule has 17 heteroatoms. The maximum Gasteiger partial charge on any atom is -0.0149 e. The van der Waals surface area contributed by atoms with Crippen molar-refractivity contribution in [2.75, 3.05) is 0 Å². The third-order valence-corrected chi connectivity index (χ3v) is 0. The molecule has 0 aliphatic heterocycles. The van der Waals surface area contributed by atoms with Gasteiger partial charge >= 0.3 is 127 Å². The van der Waals surface area contributed by atoms with Crippen LogP contribution in [0.2, 0.25) is 0 Å². The summed E-state index contributed by atoms with van der Waals surface area (Å²) in [5, 5.41) is 0. The summed E-state index contributed by atoms with van der Waals surface area (Å²) in [4.78, 5) is 0. The summed E-state index contributed by atoms with van der Waals surface area (Å²) in [6, 6.07) is 0. The first-order valence-corrected chi connectivity index (χ1v) is 15.4. The summed E-state index contributed by atoms with van der Waals surface area (Å²) in [5.41, 5.74) is 0. The minimum atomic E-state index is -3.79. The molecule has 0 aliphatic rings. The van der Waals surface area contributed by atoms with Gasteiger partial charge in [-0.2, -0.15) is 0 Å². The van der Waals surface area contributed by atoms with Crippen molar-refractivity contribution in [2.24, 2.45) is 0 Å². The van der Waals surface area contributed by atoms with Crippen LogP contribution in [0.25, 0.3) is 0 Å². The van der Waals surface area contributed by atoms with E-state index in [0.717, 1.165) is 0 Å². The zero-order chi connectivity index (χ0) is 14.3. The Bertz CT molecular complexity index is 159. The van der Waals surface area contributed by atoms with Crippen LogP contribution in [-0.4, -0.2) is 36.4 Å². The second kappa shape index (κ2) is 27.1. The molecule has 0 heterocycles. The van der Waals surface area contributed by atoms with E-state index in [1.165, 1.54) is 0 Å². The molecule has 17 heavy (non-hydrogen) atoms. The predicted molar refractivity (Wildman–Crippen MR) is 31.8 cm³/mol. The van der Waals surface area contributed by atoms with Crippen LogP contribution in [0.5, 0.6) is 0 Å². The molecule has 0 aliphatic carbocycles. The van der Waals surface area contributed by atoms with E-state index in [4.69, 9.17) is 36.7 Å². The van der Waals surface area contributed by atoms with E-state index in [0.29, 0.717) is 0 Å². The molecule has 0 aromatic heterocycles. The number of hydrogen-bond acceptors (Lipinski definition) is 4. The molecule has 0 rings (SSSR count). The van der Waals surface area contributed by atoms with Gasteiger partial charge in [0.15, 0.2) is 0 Å². The van der Waals surface area contributed by atoms with E-state index >= 15 is 0 Å². The largest absolute Gasteiger partial charge is 0.0149 e. The van der Waals surface area contributed by atoms with Gasteiger partial charge in [0.2, 0.25) is 0 Å². The van der Waals surface area contributed by atoms with Gasteiger partial charge in [0, 0.05) is 0 Å². The van der Waals surface area contributed by atoms with Gasteiger partial charge in [-0.25, -0.2) is 0 Å². The normalized spacial score (nSPS) is 6.12. The molecular formula is H12O12SiZr4. The maximum atomic E-state index is 8.84. The standard InChI is InChI=1S/8H2O.4O.H4Si.4Zr/h8*1H2;;;;;1H4;;;;/q;;;;;;;;;;;;;4*+2/p-8. The van der Waals surface area contributed by atoms with E-state index in [1.54, 1.807) is 0 Å². The van der Waals surface area contributed by atoms with Crippen LogP contribution in [0, 0.1) is 0 Å². The topological polar surface area (TPSA) is 230 Å². The molecule has 12 nitrogen and oxygen atoms in total. The maximum absolute atomic E-state index is 8.84. The van der Waals surface area contributed by atoms with Crippen LogP contribution in [0.1, 0.15) is 0 Å². The molecule has 0 spiro atoms. The fourth-order valence-corrected chi connectivity index (χ4v) is 0. The zero-order valence-electron chi connectivity index (χ0n) is 7.21.